The number of halogens is 1. The molecule has 3 aromatic rings. The number of para-hydroxylation sites is 1. The molecule has 0 N–H and O–H groups in total. The number of rotatable bonds is 3. The van der Waals surface area contributed by atoms with Gasteiger partial charge in [0.2, 0.25) is 5.54 Å². The molecule has 2 aliphatic rings. The van der Waals surface area contributed by atoms with Gasteiger partial charge in [-0.1, -0.05) is 48.5 Å². The van der Waals surface area contributed by atoms with Gasteiger partial charge in [-0.25, -0.2) is 19.1 Å². The van der Waals surface area contributed by atoms with E-state index in [1.807, 2.05) is 0 Å². The first kappa shape index (κ1) is 24.4. The highest BCUT2D eigenvalue weighted by molar-refractivity contribution is 6.22. The maximum Gasteiger partial charge on any atom is 0.421 e. The lowest BCUT2D eigenvalue weighted by molar-refractivity contribution is -0.535. The minimum atomic E-state index is -2.09. The lowest BCUT2D eigenvalue weighted by Gasteiger charge is -2.33. The van der Waals surface area contributed by atoms with Gasteiger partial charge >= 0.3 is 6.09 Å². The Hall–Kier alpha value is -4.31. The summed E-state index contributed by atoms with van der Waals surface area (Å²) >= 11 is 0. The number of benzene rings is 3. The van der Waals surface area contributed by atoms with Crippen LogP contribution < -0.4 is 9.96 Å². The third-order valence-electron chi connectivity index (χ3n) is 6.33. The molecule has 190 valence electrons. The molecule has 1 spiro atoms. The van der Waals surface area contributed by atoms with E-state index >= 15 is 0 Å². The van der Waals surface area contributed by atoms with Crippen molar-refractivity contribution in [3.8, 4) is 0 Å². The lowest BCUT2D eigenvalue weighted by atomic mass is 9.80. The van der Waals surface area contributed by atoms with Crippen LogP contribution in [0.25, 0.3) is 0 Å². The van der Waals surface area contributed by atoms with Crippen molar-refractivity contribution in [3.63, 3.8) is 0 Å². The van der Waals surface area contributed by atoms with Crippen LogP contribution >= 0.6 is 0 Å². The summed E-state index contributed by atoms with van der Waals surface area (Å²) in [5.41, 5.74) is -1.99. The molecule has 3 aromatic carbocycles. The maximum atomic E-state index is 14.4. The van der Waals surface area contributed by atoms with Crippen LogP contribution in [0.2, 0.25) is 0 Å². The summed E-state index contributed by atoms with van der Waals surface area (Å²) in [6.45, 7) is 4.96. The summed E-state index contributed by atoms with van der Waals surface area (Å²) in [7, 11) is 0. The minimum absolute atomic E-state index is 0.151. The van der Waals surface area contributed by atoms with Gasteiger partial charge in [0.1, 0.15) is 11.4 Å². The molecule has 0 bridgehead atoms. The van der Waals surface area contributed by atoms with Crippen molar-refractivity contribution in [3.05, 3.63) is 106 Å². The Morgan fingerprint density at radius 3 is 2.27 bits per heavy atom. The van der Waals surface area contributed by atoms with Crippen molar-refractivity contribution in [2.24, 2.45) is 0 Å². The van der Waals surface area contributed by atoms with Crippen molar-refractivity contribution in [2.45, 2.75) is 44.1 Å². The van der Waals surface area contributed by atoms with Gasteiger partial charge in [-0.05, 0) is 56.7 Å². The predicted octanol–water partition coefficient (Wildman–Crippen LogP) is 5.14. The molecule has 2 amide bonds. The van der Waals surface area contributed by atoms with Gasteiger partial charge in [-0.2, -0.15) is 0 Å². The molecule has 9 nitrogen and oxygen atoms in total. The number of ether oxygens (including phenoxy) is 1. The molecule has 0 aromatic heterocycles. The molecule has 2 heterocycles. The first-order valence-corrected chi connectivity index (χ1v) is 11.6. The van der Waals surface area contributed by atoms with E-state index in [4.69, 9.17) is 9.57 Å². The third-order valence-corrected chi connectivity index (χ3v) is 6.33. The quantitative estimate of drug-likeness (QED) is 0.359. The molecule has 37 heavy (non-hydrogen) atoms. The number of nitrogens with zero attached hydrogens (tertiary/aromatic N) is 3. The van der Waals surface area contributed by atoms with Crippen molar-refractivity contribution in [2.75, 3.05) is 9.96 Å². The number of hydrogen-bond donors (Lipinski definition) is 0. The van der Waals surface area contributed by atoms with Gasteiger partial charge in [-0.3, -0.25) is 19.7 Å². The first-order valence-electron chi connectivity index (χ1n) is 11.6. The summed E-state index contributed by atoms with van der Waals surface area (Å²) in [5, 5.41) is 13.9. The van der Waals surface area contributed by atoms with E-state index in [0.717, 1.165) is 9.96 Å². The zero-order valence-electron chi connectivity index (χ0n) is 20.3. The summed E-state index contributed by atoms with van der Waals surface area (Å²) in [4.78, 5) is 46.9. The van der Waals surface area contributed by atoms with Crippen LogP contribution in [0, 0.1) is 15.9 Å². The molecule has 5 rings (SSSR count). The Labute approximate surface area is 212 Å². The largest absolute Gasteiger partial charge is 0.443 e. The molecule has 0 unspecified atom stereocenters. The monoisotopic (exact) mass is 505 g/mol. The summed E-state index contributed by atoms with van der Waals surface area (Å²) in [5.74, 6) is -1.43. The Bertz CT molecular complexity index is 1370. The molecule has 10 heteroatoms. The highest BCUT2D eigenvalue weighted by atomic mass is 19.1. The van der Waals surface area contributed by atoms with Gasteiger partial charge in [-0.15, -0.1) is 0 Å². The molecule has 3 atom stereocenters. The van der Waals surface area contributed by atoms with E-state index in [1.54, 1.807) is 69.3 Å². The summed E-state index contributed by atoms with van der Waals surface area (Å²) in [6.07, 6.45) is -2.16. The number of imide groups is 1. The SMILES string of the molecule is CC(C)(C)OC(=O)N1C(=O)[C@]2(c3ccccc31)[C@@H]([N+](=O)[O-])[C@H](c1ccccc1)ON2c1ccc(F)cc1. The standard InChI is InChI=1S/C27H24FN3O6/c1-26(2,3)36-25(33)29-21-12-8-7-11-20(21)27(24(29)32)23(31(34)35)22(17-9-5-4-6-10-17)37-30(27)19-15-13-18(28)14-16-19/h4-16,22-23H,1-3H3/t22-,23-,27-/m0/s1. The van der Waals surface area contributed by atoms with E-state index in [9.17, 15) is 24.1 Å². The summed E-state index contributed by atoms with van der Waals surface area (Å²) in [6, 6.07) is 18.2. The lowest BCUT2D eigenvalue weighted by Crippen LogP contribution is -2.58. The fraction of sp³-hybridized carbons (Fsp3) is 0.259. The molecular weight excluding hydrogens is 481 g/mol. The van der Waals surface area contributed by atoms with Crippen LogP contribution in [0.1, 0.15) is 38.0 Å². The van der Waals surface area contributed by atoms with E-state index in [0.29, 0.717) is 5.56 Å². The van der Waals surface area contributed by atoms with Gasteiger partial charge < -0.3 is 4.74 Å². The van der Waals surface area contributed by atoms with Gasteiger partial charge in [0.15, 0.2) is 6.10 Å². The van der Waals surface area contributed by atoms with Crippen molar-refractivity contribution in [1.29, 1.82) is 0 Å². The van der Waals surface area contributed by atoms with E-state index in [-0.39, 0.29) is 16.9 Å². The first-order chi connectivity index (χ1) is 17.6. The fourth-order valence-corrected chi connectivity index (χ4v) is 4.94. The zero-order chi connectivity index (χ0) is 26.5. The Morgan fingerprint density at radius 2 is 1.65 bits per heavy atom. The van der Waals surface area contributed by atoms with E-state index < -0.39 is 46.0 Å². The summed E-state index contributed by atoms with van der Waals surface area (Å²) < 4.78 is 19.3. The second-order valence-electron chi connectivity index (χ2n) is 9.84. The molecule has 0 aliphatic carbocycles. The molecule has 1 fully saturated rings. The Kier molecular flexibility index (Phi) is 5.71. The van der Waals surface area contributed by atoms with E-state index in [2.05, 4.69) is 0 Å². The maximum absolute atomic E-state index is 14.4. The molecular formula is C27H24FN3O6. The van der Waals surface area contributed by atoms with Crippen LogP contribution in [0.15, 0.2) is 78.9 Å². The number of carbonyl (C=O) groups is 2. The van der Waals surface area contributed by atoms with Gasteiger partial charge in [0.05, 0.1) is 11.4 Å². The fourth-order valence-electron chi connectivity index (χ4n) is 4.94. The van der Waals surface area contributed by atoms with Crippen molar-refractivity contribution >= 4 is 23.4 Å². The minimum Gasteiger partial charge on any atom is -0.443 e. The van der Waals surface area contributed by atoms with Crippen LogP contribution in [0.4, 0.5) is 20.6 Å². The normalized spacial score (nSPS) is 22.9. The van der Waals surface area contributed by atoms with Crippen LogP contribution in [0.3, 0.4) is 0 Å². The Balaban J connectivity index is 1.78. The Morgan fingerprint density at radius 1 is 1.03 bits per heavy atom. The van der Waals surface area contributed by atoms with E-state index in [1.165, 1.54) is 30.3 Å². The number of hydrogen-bond acceptors (Lipinski definition) is 7. The van der Waals surface area contributed by atoms with Crippen molar-refractivity contribution < 1.29 is 28.5 Å². The number of fused-ring (bicyclic) bond motifs is 2. The number of carbonyl (C=O) groups excluding carboxylic acids is 2. The number of anilines is 2. The van der Waals surface area contributed by atoms with Crippen LogP contribution in [0.5, 0.6) is 0 Å². The van der Waals surface area contributed by atoms with Gasteiger partial charge in [0.25, 0.3) is 11.9 Å². The second kappa shape index (κ2) is 8.67. The second-order valence-corrected chi connectivity index (χ2v) is 9.84. The smallest absolute Gasteiger partial charge is 0.421 e. The molecule has 0 saturated carbocycles. The molecule has 0 radical (unpaired) electrons. The average Bonchev–Trinajstić information content (AvgIpc) is 3.33. The molecule has 1 saturated heterocycles. The predicted molar refractivity (Wildman–Crippen MR) is 132 cm³/mol. The van der Waals surface area contributed by atoms with Crippen LogP contribution in [-0.2, 0) is 19.9 Å². The van der Waals surface area contributed by atoms with Gasteiger partial charge in [0, 0.05) is 10.5 Å². The highest BCUT2D eigenvalue weighted by Gasteiger charge is 2.74. The third kappa shape index (κ3) is 3.80. The van der Waals surface area contributed by atoms with Crippen LogP contribution in [-0.4, -0.2) is 28.6 Å². The topological polar surface area (TPSA) is 102 Å². The van der Waals surface area contributed by atoms with Crippen molar-refractivity contribution in [1.82, 2.24) is 0 Å². The number of hydroxylamine groups is 1. The zero-order valence-corrected chi connectivity index (χ0v) is 20.3. The molecule has 2 aliphatic heterocycles. The average molecular weight is 506 g/mol. The number of nitro groups is 1. The highest BCUT2D eigenvalue weighted by Crippen LogP contribution is 2.56. The number of amides is 2.